The van der Waals surface area contributed by atoms with Crippen LogP contribution in [0.5, 0.6) is 0 Å². The first-order valence-electron chi connectivity index (χ1n) is 10.7. The second kappa shape index (κ2) is 8.52. The van der Waals surface area contributed by atoms with Gasteiger partial charge < -0.3 is 0 Å². The third-order valence-corrected chi connectivity index (χ3v) is 9.14. The van der Waals surface area contributed by atoms with E-state index >= 15 is 0 Å². The molecule has 3 aromatic rings. The molecule has 1 N–H and O–H groups in total. The van der Waals surface area contributed by atoms with Gasteiger partial charge in [0.25, 0.3) is 0 Å². The topological polar surface area (TPSA) is 77.2 Å². The fraction of sp³-hybridized carbons (Fsp3) is 0.435. The van der Waals surface area contributed by atoms with Crippen LogP contribution in [-0.4, -0.2) is 54.8 Å². The maximum atomic E-state index is 11.9. The van der Waals surface area contributed by atoms with Crippen molar-refractivity contribution in [3.05, 3.63) is 47.8 Å². The number of para-hydroxylation sites is 1. The van der Waals surface area contributed by atoms with Gasteiger partial charge in [0.15, 0.2) is 0 Å². The third kappa shape index (κ3) is 3.79. The molecule has 1 radical (unpaired) electrons. The van der Waals surface area contributed by atoms with Crippen molar-refractivity contribution in [3.8, 4) is 5.69 Å². The van der Waals surface area contributed by atoms with Gasteiger partial charge in [-0.05, 0) is 0 Å². The summed E-state index contributed by atoms with van der Waals surface area (Å²) in [6.45, 7) is 1.69. The zero-order valence-electron chi connectivity index (χ0n) is 16.8. The molecule has 2 fully saturated rings. The molecule has 1 saturated carbocycles. The van der Waals surface area contributed by atoms with Crippen LogP contribution in [-0.2, 0) is 4.74 Å². The van der Waals surface area contributed by atoms with Gasteiger partial charge in [-0.2, -0.15) is 0 Å². The fourth-order valence-corrected chi connectivity index (χ4v) is 7.18. The van der Waals surface area contributed by atoms with Crippen molar-refractivity contribution in [2.24, 2.45) is 5.92 Å². The Kier molecular flexibility index (Phi) is 5.62. The second-order valence-corrected chi connectivity index (χ2v) is 10.6. The number of carboxylic acid groups (broad SMARTS) is 1. The summed E-state index contributed by atoms with van der Waals surface area (Å²) in [5.74, 6) is 0.154. The van der Waals surface area contributed by atoms with Gasteiger partial charge in [0.2, 0.25) is 0 Å². The van der Waals surface area contributed by atoms with E-state index in [0.29, 0.717) is 17.5 Å². The molecule has 6 nitrogen and oxygen atoms in total. The summed E-state index contributed by atoms with van der Waals surface area (Å²) in [6.07, 6.45) is 5.74. The van der Waals surface area contributed by atoms with Gasteiger partial charge >= 0.3 is 182 Å². The molecule has 0 atom stereocenters. The van der Waals surface area contributed by atoms with Crippen molar-refractivity contribution >= 4 is 37.1 Å². The molecule has 1 aromatic carbocycles. The van der Waals surface area contributed by atoms with E-state index in [1.807, 2.05) is 41.1 Å². The molecule has 155 valence electrons. The van der Waals surface area contributed by atoms with Crippen LogP contribution in [0.3, 0.4) is 0 Å². The second-order valence-electron chi connectivity index (χ2n) is 8.19. The zero-order valence-corrected chi connectivity index (χ0v) is 18.7. The molecule has 0 amide bonds. The fourth-order valence-electron chi connectivity index (χ4n) is 4.23. The number of aromatic carboxylic acids is 1. The van der Waals surface area contributed by atoms with Gasteiger partial charge in [-0.3, -0.25) is 0 Å². The first-order chi connectivity index (χ1) is 14.7. The number of aromatic nitrogens is 3. The molecule has 2 aliphatic rings. The molecule has 0 spiro atoms. The Balaban J connectivity index is 1.63. The standard InChI is InChI=1S/C23H25AsN3O3/c28-23(29)19-13-18(24-14-15-9-11-30-12-10-15)20-21(16-5-4-6-16)26-27(22(20)25-19)17-7-2-1-3-8-17/h1-3,7-8,13,15-16H,4-6,9-12,14H2,(H,28,29). The SMILES string of the molecule is O=C(O)c1cc([As]CC2CCOCC2)c2c(C3CCC3)nn(-c3ccccc3)c2n1. The van der Waals surface area contributed by atoms with Crippen LogP contribution in [0.4, 0.5) is 0 Å². The van der Waals surface area contributed by atoms with Crippen molar-refractivity contribution in [2.75, 3.05) is 13.2 Å². The predicted molar refractivity (Wildman–Crippen MR) is 116 cm³/mol. The average molecular weight is 466 g/mol. The Morgan fingerprint density at radius 3 is 2.60 bits per heavy atom. The van der Waals surface area contributed by atoms with Crippen LogP contribution < -0.4 is 4.35 Å². The van der Waals surface area contributed by atoms with Gasteiger partial charge in [-0.15, -0.1) is 0 Å². The van der Waals surface area contributed by atoms with Crippen molar-refractivity contribution in [1.82, 2.24) is 14.8 Å². The van der Waals surface area contributed by atoms with E-state index in [0.717, 1.165) is 60.9 Å². The molecule has 1 aliphatic heterocycles. The minimum absolute atomic E-state index is 0.122. The molecular weight excluding hydrogens is 441 g/mol. The maximum absolute atomic E-state index is 11.9. The summed E-state index contributed by atoms with van der Waals surface area (Å²) in [6, 6.07) is 11.8. The summed E-state index contributed by atoms with van der Waals surface area (Å²) in [4.78, 5) is 16.4. The van der Waals surface area contributed by atoms with Crippen LogP contribution in [0.25, 0.3) is 16.7 Å². The van der Waals surface area contributed by atoms with Gasteiger partial charge in [-0.25, -0.2) is 0 Å². The summed E-state index contributed by atoms with van der Waals surface area (Å²) < 4.78 is 8.53. The van der Waals surface area contributed by atoms with E-state index < -0.39 is 5.97 Å². The summed E-state index contributed by atoms with van der Waals surface area (Å²) in [5.41, 5.74) is 2.86. The number of nitrogens with zero attached hydrogens (tertiary/aromatic N) is 3. The van der Waals surface area contributed by atoms with E-state index in [9.17, 15) is 9.90 Å². The van der Waals surface area contributed by atoms with Crippen LogP contribution in [0, 0.1) is 5.92 Å². The van der Waals surface area contributed by atoms with Crippen LogP contribution in [0.2, 0.25) is 5.21 Å². The summed E-state index contributed by atoms with van der Waals surface area (Å²) >= 11 is -0.160. The van der Waals surface area contributed by atoms with Crippen molar-refractivity contribution in [1.29, 1.82) is 0 Å². The van der Waals surface area contributed by atoms with Gasteiger partial charge in [0.05, 0.1) is 0 Å². The number of rotatable bonds is 6. The molecule has 1 aliphatic carbocycles. The Morgan fingerprint density at radius 2 is 1.93 bits per heavy atom. The van der Waals surface area contributed by atoms with Crippen molar-refractivity contribution in [2.45, 2.75) is 43.2 Å². The van der Waals surface area contributed by atoms with Crippen LogP contribution in [0.15, 0.2) is 36.4 Å². The number of ether oxygens (including phenoxy) is 1. The normalized spacial score (nSPS) is 18.3. The van der Waals surface area contributed by atoms with E-state index in [1.54, 1.807) is 0 Å². The van der Waals surface area contributed by atoms with Gasteiger partial charge in [0.1, 0.15) is 0 Å². The molecule has 3 heterocycles. The molecule has 0 unspecified atom stereocenters. The number of carboxylic acids is 1. The molecule has 2 aromatic heterocycles. The Morgan fingerprint density at radius 1 is 1.17 bits per heavy atom. The molecule has 7 heteroatoms. The average Bonchev–Trinajstić information content (AvgIpc) is 3.11. The van der Waals surface area contributed by atoms with Crippen molar-refractivity contribution < 1.29 is 14.6 Å². The molecule has 0 bridgehead atoms. The third-order valence-electron chi connectivity index (χ3n) is 6.22. The van der Waals surface area contributed by atoms with Crippen molar-refractivity contribution in [3.63, 3.8) is 0 Å². The van der Waals surface area contributed by atoms with E-state index in [4.69, 9.17) is 9.84 Å². The molecule has 30 heavy (non-hydrogen) atoms. The number of fused-ring (bicyclic) bond motifs is 1. The number of benzene rings is 1. The number of pyridine rings is 1. The van der Waals surface area contributed by atoms with E-state index in [2.05, 4.69) is 4.98 Å². The predicted octanol–water partition coefficient (Wildman–Crippen LogP) is 3.56. The molecule has 5 rings (SSSR count). The van der Waals surface area contributed by atoms with E-state index in [-0.39, 0.29) is 21.4 Å². The molecule has 1 saturated heterocycles. The van der Waals surface area contributed by atoms with Crippen LogP contribution >= 0.6 is 0 Å². The quantitative estimate of drug-likeness (QED) is 0.563. The number of hydrogen-bond acceptors (Lipinski definition) is 4. The molecular formula is C23H25AsN3O3. The Labute approximate surface area is 182 Å². The first kappa shape index (κ1) is 19.8. The van der Waals surface area contributed by atoms with Gasteiger partial charge in [0, 0.05) is 0 Å². The first-order valence-corrected chi connectivity index (χ1v) is 12.9. The summed E-state index contributed by atoms with van der Waals surface area (Å²) in [7, 11) is 0. The number of hydrogen-bond donors (Lipinski definition) is 1. The monoisotopic (exact) mass is 466 g/mol. The van der Waals surface area contributed by atoms with Gasteiger partial charge in [-0.1, -0.05) is 0 Å². The van der Waals surface area contributed by atoms with Crippen LogP contribution in [0.1, 0.15) is 54.2 Å². The minimum atomic E-state index is -0.976. The zero-order chi connectivity index (χ0) is 20.5. The number of carbonyl (C=O) groups is 1. The Bertz CT molecular complexity index is 1060. The Hall–Kier alpha value is -2.17. The summed E-state index contributed by atoms with van der Waals surface area (Å²) in [5, 5.41) is 17.0. The van der Waals surface area contributed by atoms with E-state index in [1.165, 1.54) is 10.8 Å².